The van der Waals surface area contributed by atoms with Gasteiger partial charge in [-0.25, -0.2) is 4.68 Å². The fourth-order valence-corrected chi connectivity index (χ4v) is 1.57. The van der Waals surface area contributed by atoms with Gasteiger partial charge in [0, 0.05) is 13.0 Å². The molecule has 0 fully saturated rings. The zero-order chi connectivity index (χ0) is 12.1. The van der Waals surface area contributed by atoms with Gasteiger partial charge in [0.2, 0.25) is 0 Å². The maximum absolute atomic E-state index is 5.49. The van der Waals surface area contributed by atoms with Gasteiger partial charge < -0.3 is 10.5 Å². The Kier molecular flexibility index (Phi) is 3.66. The van der Waals surface area contributed by atoms with Gasteiger partial charge in [-0.1, -0.05) is 12.1 Å². The minimum atomic E-state index is 0.528. The molecule has 90 valence electrons. The third-order valence-corrected chi connectivity index (χ3v) is 2.47. The van der Waals surface area contributed by atoms with E-state index in [-0.39, 0.29) is 0 Å². The number of hydrogen-bond acceptors (Lipinski definition) is 5. The van der Waals surface area contributed by atoms with Crippen molar-refractivity contribution < 1.29 is 4.74 Å². The van der Waals surface area contributed by atoms with Gasteiger partial charge in [0.15, 0.2) is 5.82 Å². The Morgan fingerprint density at radius 2 is 2.06 bits per heavy atom. The number of aromatic nitrogens is 4. The molecule has 0 saturated carbocycles. The van der Waals surface area contributed by atoms with Crippen molar-refractivity contribution in [3.05, 3.63) is 35.7 Å². The fourth-order valence-electron chi connectivity index (χ4n) is 1.57. The molecule has 1 aromatic heterocycles. The molecule has 0 aliphatic heterocycles. The van der Waals surface area contributed by atoms with E-state index in [0.29, 0.717) is 19.5 Å². The Bertz CT molecular complexity index is 465. The summed E-state index contributed by atoms with van der Waals surface area (Å²) in [4.78, 5) is 0. The summed E-state index contributed by atoms with van der Waals surface area (Å²) in [6.07, 6.45) is 0.691. The van der Waals surface area contributed by atoms with E-state index in [2.05, 4.69) is 15.5 Å². The molecule has 0 amide bonds. The quantitative estimate of drug-likeness (QED) is 0.799. The number of benzene rings is 1. The average Bonchev–Trinajstić information content (AvgIpc) is 2.78. The van der Waals surface area contributed by atoms with Crippen LogP contribution >= 0.6 is 0 Å². The van der Waals surface area contributed by atoms with Crippen LogP contribution in [0, 0.1) is 0 Å². The lowest BCUT2D eigenvalue weighted by Gasteiger charge is -2.04. The van der Waals surface area contributed by atoms with Crippen LogP contribution in [0.4, 0.5) is 0 Å². The zero-order valence-electron chi connectivity index (χ0n) is 9.71. The average molecular weight is 233 g/mol. The summed E-state index contributed by atoms with van der Waals surface area (Å²) < 4.78 is 6.83. The molecule has 1 aromatic carbocycles. The first kappa shape index (κ1) is 11.5. The van der Waals surface area contributed by atoms with E-state index in [1.165, 1.54) is 0 Å². The molecule has 0 aliphatic rings. The number of methoxy groups -OCH3 is 1. The van der Waals surface area contributed by atoms with Gasteiger partial charge in [-0.15, -0.1) is 5.10 Å². The molecule has 0 aliphatic carbocycles. The maximum Gasteiger partial charge on any atom is 0.155 e. The van der Waals surface area contributed by atoms with Gasteiger partial charge in [-0.3, -0.25) is 0 Å². The molecular formula is C11H15N5O. The van der Waals surface area contributed by atoms with Crippen molar-refractivity contribution in [2.75, 3.05) is 13.7 Å². The van der Waals surface area contributed by atoms with Gasteiger partial charge in [0.1, 0.15) is 5.75 Å². The molecule has 0 saturated heterocycles. The minimum Gasteiger partial charge on any atom is -0.497 e. The van der Waals surface area contributed by atoms with Gasteiger partial charge in [-0.05, 0) is 28.1 Å². The summed E-state index contributed by atoms with van der Waals surface area (Å²) >= 11 is 0. The van der Waals surface area contributed by atoms with Gasteiger partial charge in [0.05, 0.1) is 13.7 Å². The van der Waals surface area contributed by atoms with E-state index in [1.807, 2.05) is 24.3 Å². The largest absolute Gasteiger partial charge is 0.497 e. The third kappa shape index (κ3) is 2.79. The summed E-state index contributed by atoms with van der Waals surface area (Å²) in [5.74, 6) is 1.66. The molecule has 6 nitrogen and oxygen atoms in total. The number of rotatable bonds is 5. The topological polar surface area (TPSA) is 78.9 Å². The predicted octanol–water partition coefficient (Wildman–Crippen LogP) is 0.231. The lowest BCUT2D eigenvalue weighted by Crippen LogP contribution is -2.14. The Morgan fingerprint density at radius 3 is 2.71 bits per heavy atom. The highest BCUT2D eigenvalue weighted by Gasteiger charge is 2.06. The SMILES string of the molecule is COc1ccc(Cc2nnnn2CCN)cc1. The Hall–Kier alpha value is -1.95. The van der Waals surface area contributed by atoms with Gasteiger partial charge in [-0.2, -0.15) is 0 Å². The highest BCUT2D eigenvalue weighted by atomic mass is 16.5. The molecular weight excluding hydrogens is 218 g/mol. The van der Waals surface area contributed by atoms with Crippen molar-refractivity contribution in [1.29, 1.82) is 0 Å². The van der Waals surface area contributed by atoms with Crippen LogP contribution in [0.3, 0.4) is 0 Å². The normalized spacial score (nSPS) is 10.5. The number of ether oxygens (including phenoxy) is 1. The van der Waals surface area contributed by atoms with Crippen molar-refractivity contribution in [2.45, 2.75) is 13.0 Å². The van der Waals surface area contributed by atoms with Crippen molar-refractivity contribution in [1.82, 2.24) is 20.2 Å². The summed E-state index contributed by atoms with van der Waals surface area (Å²) in [6.45, 7) is 1.17. The molecule has 0 radical (unpaired) electrons. The standard InChI is InChI=1S/C11H15N5O/c1-17-10-4-2-9(3-5-10)8-11-13-14-15-16(11)7-6-12/h2-5H,6-8,12H2,1H3. The summed E-state index contributed by atoms with van der Waals surface area (Å²) in [5, 5.41) is 11.5. The summed E-state index contributed by atoms with van der Waals surface area (Å²) in [7, 11) is 1.65. The highest BCUT2D eigenvalue weighted by Crippen LogP contribution is 2.13. The maximum atomic E-state index is 5.49. The van der Waals surface area contributed by atoms with Crippen LogP contribution in [0.2, 0.25) is 0 Å². The molecule has 2 rings (SSSR count). The fraction of sp³-hybridized carbons (Fsp3) is 0.364. The van der Waals surface area contributed by atoms with Crippen molar-refractivity contribution >= 4 is 0 Å². The van der Waals surface area contributed by atoms with Crippen LogP contribution in [-0.2, 0) is 13.0 Å². The van der Waals surface area contributed by atoms with Gasteiger partial charge >= 0.3 is 0 Å². The number of hydrogen-bond donors (Lipinski definition) is 1. The van der Waals surface area contributed by atoms with E-state index in [1.54, 1.807) is 11.8 Å². The van der Waals surface area contributed by atoms with E-state index in [4.69, 9.17) is 10.5 Å². The van der Waals surface area contributed by atoms with E-state index >= 15 is 0 Å². The van der Waals surface area contributed by atoms with Crippen molar-refractivity contribution in [2.24, 2.45) is 5.73 Å². The van der Waals surface area contributed by atoms with Crippen LogP contribution in [0.15, 0.2) is 24.3 Å². The lowest BCUT2D eigenvalue weighted by molar-refractivity contribution is 0.414. The summed E-state index contributed by atoms with van der Waals surface area (Å²) in [6, 6.07) is 7.85. The Labute approximate surface area is 99.4 Å². The van der Waals surface area contributed by atoms with E-state index < -0.39 is 0 Å². The van der Waals surface area contributed by atoms with Crippen LogP contribution in [0.1, 0.15) is 11.4 Å². The zero-order valence-corrected chi connectivity index (χ0v) is 9.71. The predicted molar refractivity (Wildman–Crippen MR) is 62.7 cm³/mol. The molecule has 0 spiro atoms. The lowest BCUT2D eigenvalue weighted by atomic mass is 10.1. The molecule has 0 unspecified atom stereocenters. The number of tetrazole rings is 1. The highest BCUT2D eigenvalue weighted by molar-refractivity contribution is 5.28. The first-order chi connectivity index (χ1) is 8.33. The molecule has 0 bridgehead atoms. The van der Waals surface area contributed by atoms with Crippen molar-refractivity contribution in [3.8, 4) is 5.75 Å². The van der Waals surface area contributed by atoms with E-state index in [0.717, 1.165) is 17.1 Å². The van der Waals surface area contributed by atoms with Crippen LogP contribution in [-0.4, -0.2) is 33.9 Å². The number of nitrogens with zero attached hydrogens (tertiary/aromatic N) is 4. The number of nitrogens with two attached hydrogens (primary N) is 1. The second-order valence-electron chi connectivity index (χ2n) is 3.63. The molecule has 17 heavy (non-hydrogen) atoms. The van der Waals surface area contributed by atoms with Crippen LogP contribution < -0.4 is 10.5 Å². The van der Waals surface area contributed by atoms with Gasteiger partial charge in [0.25, 0.3) is 0 Å². The Morgan fingerprint density at radius 1 is 1.29 bits per heavy atom. The molecule has 0 atom stereocenters. The second-order valence-corrected chi connectivity index (χ2v) is 3.63. The second kappa shape index (κ2) is 5.40. The summed E-state index contributed by atoms with van der Waals surface area (Å²) in [5.41, 5.74) is 6.62. The van der Waals surface area contributed by atoms with Crippen molar-refractivity contribution in [3.63, 3.8) is 0 Å². The first-order valence-corrected chi connectivity index (χ1v) is 5.41. The Balaban J connectivity index is 2.10. The molecule has 2 N–H and O–H groups in total. The minimum absolute atomic E-state index is 0.528. The molecule has 6 heteroatoms. The monoisotopic (exact) mass is 233 g/mol. The van der Waals surface area contributed by atoms with Crippen LogP contribution in [0.25, 0.3) is 0 Å². The smallest absolute Gasteiger partial charge is 0.155 e. The van der Waals surface area contributed by atoms with E-state index in [9.17, 15) is 0 Å². The third-order valence-electron chi connectivity index (χ3n) is 2.47. The first-order valence-electron chi connectivity index (χ1n) is 5.41. The molecule has 2 aromatic rings. The molecule has 1 heterocycles. The van der Waals surface area contributed by atoms with Crippen LogP contribution in [0.5, 0.6) is 5.75 Å².